The minimum atomic E-state index is -0.234. The monoisotopic (exact) mass is 388 g/mol. The number of hydrazine groups is 1. The van der Waals surface area contributed by atoms with Crippen molar-refractivity contribution in [2.24, 2.45) is 11.8 Å². The molecule has 2 saturated heterocycles. The lowest BCUT2D eigenvalue weighted by Gasteiger charge is -2.35. The third-order valence-electron chi connectivity index (χ3n) is 6.49. The van der Waals surface area contributed by atoms with Crippen molar-refractivity contribution in [2.45, 2.75) is 57.7 Å². The average Bonchev–Trinajstić information content (AvgIpc) is 3.41. The van der Waals surface area contributed by atoms with Crippen molar-refractivity contribution in [1.82, 2.24) is 20.7 Å². The van der Waals surface area contributed by atoms with Crippen LogP contribution < -0.4 is 10.9 Å². The number of benzene rings is 1. The maximum absolute atomic E-state index is 13.2. The Balaban J connectivity index is 1.39. The predicted molar refractivity (Wildman–Crippen MR) is 108 cm³/mol. The summed E-state index contributed by atoms with van der Waals surface area (Å²) in [5.74, 6) is 1.37. The van der Waals surface area contributed by atoms with Gasteiger partial charge < -0.3 is 4.90 Å². The van der Waals surface area contributed by atoms with Crippen LogP contribution >= 0.6 is 0 Å². The van der Waals surface area contributed by atoms with Gasteiger partial charge >= 0.3 is 0 Å². The second-order valence-electron chi connectivity index (χ2n) is 9.07. The zero-order valence-electron chi connectivity index (χ0n) is 17.0. The van der Waals surface area contributed by atoms with Gasteiger partial charge in [-0.3, -0.25) is 9.69 Å². The van der Waals surface area contributed by atoms with Gasteiger partial charge in [-0.15, -0.1) is 0 Å². The maximum atomic E-state index is 13.2. The molecule has 0 spiro atoms. The highest BCUT2D eigenvalue weighted by Crippen LogP contribution is 2.32. The number of amides is 1. The number of rotatable bonds is 5. The second-order valence-corrected chi connectivity index (χ2v) is 9.07. The molecule has 1 amide bonds. The summed E-state index contributed by atoms with van der Waals surface area (Å²) in [6, 6.07) is 6.78. The highest BCUT2D eigenvalue weighted by molar-refractivity contribution is 5.82. The summed E-state index contributed by atoms with van der Waals surface area (Å²) >= 11 is 0. The fourth-order valence-electron chi connectivity index (χ4n) is 4.61. The fraction of sp³-hybridized carbons (Fsp3) is 0.682. The molecule has 3 atom stereocenters. The minimum Gasteiger partial charge on any atom is -0.340 e. The Morgan fingerprint density at radius 2 is 1.93 bits per heavy atom. The van der Waals surface area contributed by atoms with Gasteiger partial charge in [-0.1, -0.05) is 26.0 Å². The van der Waals surface area contributed by atoms with Crippen LogP contribution in [0.2, 0.25) is 0 Å². The number of halogens is 1. The lowest BCUT2D eigenvalue weighted by atomic mass is 10.00. The smallest absolute Gasteiger partial charge is 0.241 e. The highest BCUT2D eigenvalue weighted by Gasteiger charge is 2.37. The van der Waals surface area contributed by atoms with E-state index >= 15 is 0 Å². The molecule has 1 aromatic carbocycles. The van der Waals surface area contributed by atoms with Gasteiger partial charge in [-0.25, -0.2) is 15.2 Å². The summed E-state index contributed by atoms with van der Waals surface area (Å²) in [5, 5.41) is 0. The topological polar surface area (TPSA) is 47.6 Å². The SMILES string of the molecule is CC(C)C1CN(C(=O)C2CC(c3ccc(F)cc3)NN2)CCCN1CC1CC1. The first-order chi connectivity index (χ1) is 13.5. The molecular weight excluding hydrogens is 355 g/mol. The molecule has 4 rings (SSSR count). The van der Waals surface area contributed by atoms with Crippen molar-refractivity contribution in [3.63, 3.8) is 0 Å². The van der Waals surface area contributed by atoms with Crippen molar-refractivity contribution in [1.29, 1.82) is 0 Å². The first-order valence-electron chi connectivity index (χ1n) is 10.8. The number of nitrogens with zero attached hydrogens (tertiary/aromatic N) is 2. The van der Waals surface area contributed by atoms with Crippen LogP contribution in [-0.4, -0.2) is 54.0 Å². The van der Waals surface area contributed by atoms with E-state index in [2.05, 4.69) is 34.5 Å². The zero-order valence-corrected chi connectivity index (χ0v) is 17.0. The molecule has 3 unspecified atom stereocenters. The van der Waals surface area contributed by atoms with E-state index < -0.39 is 0 Å². The normalized spacial score (nSPS) is 29.3. The van der Waals surface area contributed by atoms with Crippen LogP contribution in [0, 0.1) is 17.7 Å². The summed E-state index contributed by atoms with van der Waals surface area (Å²) in [6.45, 7) is 8.50. The number of carbonyl (C=O) groups excluding carboxylic acids is 1. The minimum absolute atomic E-state index is 0.0359. The zero-order chi connectivity index (χ0) is 19.7. The first-order valence-corrected chi connectivity index (χ1v) is 10.8. The number of carbonyl (C=O) groups is 1. The van der Waals surface area contributed by atoms with Gasteiger partial charge in [0.25, 0.3) is 0 Å². The number of hydrogen-bond acceptors (Lipinski definition) is 4. The quantitative estimate of drug-likeness (QED) is 0.814. The molecule has 1 aliphatic carbocycles. The lowest BCUT2D eigenvalue weighted by molar-refractivity contribution is -0.133. The Kier molecular flexibility index (Phi) is 5.99. The van der Waals surface area contributed by atoms with Gasteiger partial charge in [0.05, 0.1) is 0 Å². The molecule has 3 fully saturated rings. The summed E-state index contributed by atoms with van der Waals surface area (Å²) in [4.78, 5) is 17.9. The Labute approximate surface area is 167 Å². The largest absolute Gasteiger partial charge is 0.340 e. The summed E-state index contributed by atoms with van der Waals surface area (Å²) < 4.78 is 13.2. The molecule has 0 bridgehead atoms. The van der Waals surface area contributed by atoms with Gasteiger partial charge in [0.2, 0.25) is 5.91 Å². The van der Waals surface area contributed by atoms with E-state index in [9.17, 15) is 9.18 Å². The molecule has 0 radical (unpaired) electrons. The van der Waals surface area contributed by atoms with Crippen molar-refractivity contribution < 1.29 is 9.18 Å². The molecule has 5 nitrogen and oxygen atoms in total. The maximum Gasteiger partial charge on any atom is 0.241 e. The van der Waals surface area contributed by atoms with Gasteiger partial charge in [0.15, 0.2) is 0 Å². The molecule has 2 aliphatic heterocycles. The van der Waals surface area contributed by atoms with E-state index in [1.807, 2.05) is 0 Å². The van der Waals surface area contributed by atoms with Crippen molar-refractivity contribution in [3.05, 3.63) is 35.6 Å². The second kappa shape index (κ2) is 8.47. The molecule has 0 aromatic heterocycles. The van der Waals surface area contributed by atoms with E-state index in [1.165, 1.54) is 31.5 Å². The van der Waals surface area contributed by atoms with Gasteiger partial charge in [0.1, 0.15) is 11.9 Å². The fourth-order valence-corrected chi connectivity index (χ4v) is 4.61. The Hall–Kier alpha value is -1.50. The van der Waals surface area contributed by atoms with Crippen LogP contribution in [0.3, 0.4) is 0 Å². The van der Waals surface area contributed by atoms with Crippen LogP contribution in [0.1, 0.15) is 51.1 Å². The number of hydrogen-bond donors (Lipinski definition) is 2. The number of nitrogens with one attached hydrogen (secondary N) is 2. The van der Waals surface area contributed by atoms with Gasteiger partial charge in [-0.2, -0.15) is 0 Å². The molecule has 3 aliphatic rings. The summed E-state index contributed by atoms with van der Waals surface area (Å²) in [5.41, 5.74) is 7.42. The standard InChI is InChI=1S/C22H33FN4O/c1-15(2)21-14-27(11-3-10-26(21)13-16-4-5-16)22(28)20-12-19(24-25-20)17-6-8-18(23)9-7-17/h6-9,15-16,19-21,24-25H,3-5,10-14H2,1-2H3. The van der Waals surface area contributed by atoms with Crippen molar-refractivity contribution in [2.75, 3.05) is 26.2 Å². The molecule has 2 heterocycles. The van der Waals surface area contributed by atoms with Crippen LogP contribution in [0.4, 0.5) is 4.39 Å². The Bertz CT molecular complexity index is 676. The van der Waals surface area contributed by atoms with Gasteiger partial charge in [0, 0.05) is 38.3 Å². The van der Waals surface area contributed by atoms with E-state index in [1.54, 1.807) is 12.1 Å². The molecule has 1 saturated carbocycles. The van der Waals surface area contributed by atoms with Gasteiger partial charge in [-0.05, 0) is 55.2 Å². The van der Waals surface area contributed by atoms with E-state index in [4.69, 9.17) is 0 Å². The lowest BCUT2D eigenvalue weighted by Crippen LogP contribution is -2.50. The average molecular weight is 389 g/mol. The molecule has 28 heavy (non-hydrogen) atoms. The molecule has 1 aromatic rings. The third kappa shape index (κ3) is 4.56. The van der Waals surface area contributed by atoms with E-state index in [0.717, 1.165) is 37.5 Å². The predicted octanol–water partition coefficient (Wildman–Crippen LogP) is 2.70. The van der Waals surface area contributed by atoms with E-state index in [0.29, 0.717) is 18.4 Å². The molecule has 2 N–H and O–H groups in total. The summed E-state index contributed by atoms with van der Waals surface area (Å²) in [7, 11) is 0. The molecular formula is C22H33FN4O. The first kappa shape index (κ1) is 19.8. The van der Waals surface area contributed by atoms with Crippen LogP contribution in [0.15, 0.2) is 24.3 Å². The van der Waals surface area contributed by atoms with Crippen LogP contribution in [-0.2, 0) is 4.79 Å². The Morgan fingerprint density at radius 3 is 2.61 bits per heavy atom. The van der Waals surface area contributed by atoms with Crippen molar-refractivity contribution >= 4 is 5.91 Å². The summed E-state index contributed by atoms with van der Waals surface area (Å²) in [6.07, 6.45) is 4.47. The van der Waals surface area contributed by atoms with E-state index in [-0.39, 0.29) is 23.8 Å². The highest BCUT2D eigenvalue weighted by atomic mass is 19.1. The van der Waals surface area contributed by atoms with Crippen molar-refractivity contribution in [3.8, 4) is 0 Å². The molecule has 6 heteroatoms. The Morgan fingerprint density at radius 1 is 1.18 bits per heavy atom. The van der Waals surface area contributed by atoms with Crippen LogP contribution in [0.5, 0.6) is 0 Å². The third-order valence-corrected chi connectivity index (χ3v) is 6.49. The van der Waals surface area contributed by atoms with Crippen LogP contribution in [0.25, 0.3) is 0 Å². The molecule has 154 valence electrons.